The number of ether oxygens (including phenoxy) is 3. The van der Waals surface area contributed by atoms with E-state index in [4.69, 9.17) is 31.7 Å². The Balaban J connectivity index is 3.01. The van der Waals surface area contributed by atoms with E-state index >= 15 is 0 Å². The van der Waals surface area contributed by atoms with Crippen molar-refractivity contribution in [2.75, 3.05) is 33.3 Å². The van der Waals surface area contributed by atoms with Crippen LogP contribution in [0.2, 0.25) is 5.02 Å². The summed E-state index contributed by atoms with van der Waals surface area (Å²) in [5, 5.41) is 3.47. The van der Waals surface area contributed by atoms with Crippen LogP contribution in [0.25, 0.3) is 0 Å². The third kappa shape index (κ3) is 4.96. The van der Waals surface area contributed by atoms with Gasteiger partial charge in [0.25, 0.3) is 0 Å². The number of nitrogens with two attached hydrogens (primary N) is 1. The lowest BCUT2D eigenvalue weighted by atomic mass is 10.2. The molecule has 8 heteroatoms. The molecular formula is C13H21ClN4O3. The summed E-state index contributed by atoms with van der Waals surface area (Å²) in [7, 11) is 4.70. The summed E-state index contributed by atoms with van der Waals surface area (Å²) in [5.41, 5.74) is 3.11. The third-order valence-corrected chi connectivity index (χ3v) is 2.92. The van der Waals surface area contributed by atoms with Crippen LogP contribution < -0.4 is 26.1 Å². The number of hydrogen-bond donors (Lipinski definition) is 3. The largest absolute Gasteiger partial charge is 0.495 e. The molecule has 0 spiro atoms. The lowest BCUT2D eigenvalue weighted by molar-refractivity contribution is 0.185. The maximum absolute atomic E-state index is 6.11. The number of nitrogens with zero attached hydrogens (tertiary/aromatic N) is 1. The van der Waals surface area contributed by atoms with Crippen molar-refractivity contribution >= 4 is 23.2 Å². The lowest BCUT2D eigenvalue weighted by Crippen LogP contribution is -2.37. The van der Waals surface area contributed by atoms with E-state index in [0.717, 1.165) is 0 Å². The van der Waals surface area contributed by atoms with Crippen LogP contribution in [0.1, 0.15) is 6.92 Å². The molecule has 0 saturated heterocycles. The molecule has 0 aromatic heterocycles. The first kappa shape index (κ1) is 17.4. The standard InChI is InChI=1S/C13H21ClN4O3/c1-8(7-19-2)16-13(18-15)17-10-5-9(14)11(20-3)6-12(10)21-4/h5-6,8H,7,15H2,1-4H3,(H2,16,17,18). The number of halogens is 1. The first-order valence-electron chi connectivity index (χ1n) is 6.27. The molecule has 0 radical (unpaired) electrons. The number of hydrazine groups is 1. The van der Waals surface area contributed by atoms with E-state index in [9.17, 15) is 0 Å². The summed E-state index contributed by atoms with van der Waals surface area (Å²) in [4.78, 5) is 4.34. The predicted octanol–water partition coefficient (Wildman–Crippen LogP) is 1.62. The number of guanidine groups is 1. The molecule has 4 N–H and O–H groups in total. The van der Waals surface area contributed by atoms with Crippen molar-refractivity contribution in [1.82, 2.24) is 5.43 Å². The number of nitrogens with one attached hydrogen (secondary N) is 2. The van der Waals surface area contributed by atoms with Crippen LogP contribution in [-0.2, 0) is 4.74 Å². The summed E-state index contributed by atoms with van der Waals surface area (Å²) >= 11 is 6.11. The van der Waals surface area contributed by atoms with Crippen LogP contribution in [0.3, 0.4) is 0 Å². The van der Waals surface area contributed by atoms with Gasteiger partial charge < -0.3 is 19.5 Å². The molecule has 1 aromatic rings. The van der Waals surface area contributed by atoms with Crippen molar-refractivity contribution in [2.45, 2.75) is 13.0 Å². The van der Waals surface area contributed by atoms with Crippen molar-refractivity contribution in [2.24, 2.45) is 10.8 Å². The minimum atomic E-state index is -0.0618. The predicted molar refractivity (Wildman–Crippen MR) is 84.3 cm³/mol. The molecule has 0 aliphatic heterocycles. The number of rotatable bonds is 6. The second-order valence-electron chi connectivity index (χ2n) is 4.24. The number of benzene rings is 1. The zero-order valence-electron chi connectivity index (χ0n) is 12.6. The molecular weight excluding hydrogens is 296 g/mol. The van der Waals surface area contributed by atoms with Crippen molar-refractivity contribution < 1.29 is 14.2 Å². The summed E-state index contributed by atoms with van der Waals surface area (Å²) in [6, 6.07) is 3.29. The first-order chi connectivity index (χ1) is 10.0. The van der Waals surface area contributed by atoms with Gasteiger partial charge in [0.1, 0.15) is 11.5 Å². The normalized spacial score (nSPS) is 12.8. The Morgan fingerprint density at radius 2 is 1.95 bits per heavy atom. The Bertz CT molecular complexity index is 497. The van der Waals surface area contributed by atoms with Gasteiger partial charge in [-0.2, -0.15) is 0 Å². The van der Waals surface area contributed by atoms with E-state index in [1.165, 1.54) is 7.11 Å². The summed E-state index contributed by atoms with van der Waals surface area (Å²) in [6.45, 7) is 2.38. The second-order valence-corrected chi connectivity index (χ2v) is 4.65. The first-order valence-corrected chi connectivity index (χ1v) is 6.65. The van der Waals surface area contributed by atoms with Crippen molar-refractivity contribution in [3.8, 4) is 11.5 Å². The fraction of sp³-hybridized carbons (Fsp3) is 0.462. The lowest BCUT2D eigenvalue weighted by Gasteiger charge is -2.16. The molecule has 0 aliphatic rings. The van der Waals surface area contributed by atoms with E-state index < -0.39 is 0 Å². The van der Waals surface area contributed by atoms with Gasteiger partial charge in [-0.05, 0) is 13.0 Å². The molecule has 1 unspecified atom stereocenters. The topological polar surface area (TPSA) is 90.1 Å². The van der Waals surface area contributed by atoms with Gasteiger partial charge in [-0.1, -0.05) is 11.6 Å². The SMILES string of the molecule is COCC(C)N=C(NN)Nc1cc(Cl)c(OC)cc1OC. The summed E-state index contributed by atoms with van der Waals surface area (Å²) < 4.78 is 15.5. The average Bonchev–Trinajstić information content (AvgIpc) is 2.47. The monoisotopic (exact) mass is 316 g/mol. The maximum Gasteiger partial charge on any atom is 0.210 e. The van der Waals surface area contributed by atoms with Crippen LogP contribution in [0.5, 0.6) is 11.5 Å². The molecule has 0 bridgehead atoms. The highest BCUT2D eigenvalue weighted by molar-refractivity contribution is 6.32. The number of hydrogen-bond acceptors (Lipinski definition) is 5. The second kappa shape index (κ2) is 8.56. The van der Waals surface area contributed by atoms with Crippen LogP contribution in [-0.4, -0.2) is 39.9 Å². The van der Waals surface area contributed by atoms with E-state index in [2.05, 4.69) is 15.7 Å². The summed E-state index contributed by atoms with van der Waals surface area (Å²) in [5.74, 6) is 6.92. The zero-order chi connectivity index (χ0) is 15.8. The Morgan fingerprint density at radius 1 is 1.29 bits per heavy atom. The van der Waals surface area contributed by atoms with Gasteiger partial charge >= 0.3 is 0 Å². The van der Waals surface area contributed by atoms with Gasteiger partial charge in [-0.15, -0.1) is 0 Å². The van der Waals surface area contributed by atoms with E-state index in [0.29, 0.717) is 34.8 Å². The number of methoxy groups -OCH3 is 3. The molecule has 0 aliphatic carbocycles. The molecule has 0 fully saturated rings. The van der Waals surface area contributed by atoms with Gasteiger partial charge in [0.2, 0.25) is 5.96 Å². The van der Waals surface area contributed by atoms with Crippen LogP contribution >= 0.6 is 11.6 Å². The molecule has 118 valence electrons. The van der Waals surface area contributed by atoms with Gasteiger partial charge in [-0.3, -0.25) is 5.43 Å². The third-order valence-electron chi connectivity index (χ3n) is 2.62. The molecule has 1 atom stereocenters. The maximum atomic E-state index is 6.11. The van der Waals surface area contributed by atoms with Gasteiger partial charge in [-0.25, -0.2) is 10.8 Å². The molecule has 0 heterocycles. The number of aliphatic imine (C=N–C) groups is 1. The Kier molecular flexibility index (Phi) is 7.07. The van der Waals surface area contributed by atoms with Crippen molar-refractivity contribution in [3.05, 3.63) is 17.2 Å². The van der Waals surface area contributed by atoms with Gasteiger partial charge in [0, 0.05) is 13.2 Å². The highest BCUT2D eigenvalue weighted by Crippen LogP contribution is 2.35. The molecule has 0 saturated carbocycles. The van der Waals surface area contributed by atoms with E-state index in [1.807, 2.05) is 6.92 Å². The average molecular weight is 317 g/mol. The molecule has 1 aromatic carbocycles. The Morgan fingerprint density at radius 3 is 2.48 bits per heavy atom. The van der Waals surface area contributed by atoms with E-state index in [-0.39, 0.29) is 6.04 Å². The molecule has 1 rings (SSSR count). The highest BCUT2D eigenvalue weighted by atomic mass is 35.5. The van der Waals surface area contributed by atoms with E-state index in [1.54, 1.807) is 26.4 Å². The van der Waals surface area contributed by atoms with Gasteiger partial charge in [0.15, 0.2) is 0 Å². The Hall–Kier alpha value is -1.70. The molecule has 7 nitrogen and oxygen atoms in total. The zero-order valence-corrected chi connectivity index (χ0v) is 13.3. The number of anilines is 1. The van der Waals surface area contributed by atoms with Gasteiger partial charge in [0.05, 0.1) is 37.6 Å². The fourth-order valence-corrected chi connectivity index (χ4v) is 1.93. The smallest absolute Gasteiger partial charge is 0.210 e. The summed E-state index contributed by atoms with van der Waals surface area (Å²) in [6.07, 6.45) is 0. The minimum absolute atomic E-state index is 0.0618. The van der Waals surface area contributed by atoms with Crippen molar-refractivity contribution in [1.29, 1.82) is 0 Å². The Labute approximate surface area is 129 Å². The highest BCUT2D eigenvalue weighted by Gasteiger charge is 2.12. The quantitative estimate of drug-likeness (QED) is 0.320. The van der Waals surface area contributed by atoms with Crippen LogP contribution in [0.15, 0.2) is 17.1 Å². The fourth-order valence-electron chi connectivity index (χ4n) is 1.69. The molecule has 21 heavy (non-hydrogen) atoms. The van der Waals surface area contributed by atoms with Crippen LogP contribution in [0, 0.1) is 0 Å². The van der Waals surface area contributed by atoms with Crippen LogP contribution in [0.4, 0.5) is 5.69 Å². The molecule has 0 amide bonds. The minimum Gasteiger partial charge on any atom is -0.495 e. The van der Waals surface area contributed by atoms with Crippen molar-refractivity contribution in [3.63, 3.8) is 0 Å².